The highest BCUT2D eigenvalue weighted by molar-refractivity contribution is 7.91. The van der Waals surface area contributed by atoms with Crippen LogP contribution in [0.3, 0.4) is 0 Å². The predicted molar refractivity (Wildman–Crippen MR) is 98.0 cm³/mol. The molecule has 26 heavy (non-hydrogen) atoms. The van der Waals surface area contributed by atoms with Crippen molar-refractivity contribution in [3.05, 3.63) is 12.3 Å². The summed E-state index contributed by atoms with van der Waals surface area (Å²) < 4.78 is 42.6. The Morgan fingerprint density at radius 2 is 1.77 bits per heavy atom. The van der Waals surface area contributed by atoms with Crippen molar-refractivity contribution in [3.8, 4) is 0 Å². The summed E-state index contributed by atoms with van der Waals surface area (Å²) in [5, 5.41) is 0. The summed E-state index contributed by atoms with van der Waals surface area (Å²) in [6.07, 6.45) is 5.28. The van der Waals surface area contributed by atoms with Gasteiger partial charge in [0.15, 0.2) is 4.75 Å². The fourth-order valence-corrected chi connectivity index (χ4v) is 5.51. The topological polar surface area (TPSA) is 82.1 Å². The van der Waals surface area contributed by atoms with Gasteiger partial charge in [-0.1, -0.05) is 0 Å². The molecule has 2 heterocycles. The molecule has 2 rings (SSSR count). The first-order valence-corrected chi connectivity index (χ1v) is 10.6. The molecule has 2 fully saturated rings. The highest BCUT2D eigenvalue weighted by atomic mass is 32.2. The van der Waals surface area contributed by atoms with Crippen LogP contribution in [0.5, 0.6) is 0 Å². The molecule has 0 aromatic carbocycles. The number of ether oxygens (including phenoxy) is 3. The lowest BCUT2D eigenvalue weighted by Crippen LogP contribution is -2.58. The monoisotopic (exact) mass is 389 g/mol. The highest BCUT2D eigenvalue weighted by Crippen LogP contribution is 2.37. The summed E-state index contributed by atoms with van der Waals surface area (Å²) in [5.41, 5.74) is -0.740. The lowest BCUT2D eigenvalue weighted by Gasteiger charge is -2.41. The van der Waals surface area contributed by atoms with Crippen molar-refractivity contribution in [2.24, 2.45) is 5.92 Å². The van der Waals surface area contributed by atoms with Gasteiger partial charge in [-0.25, -0.2) is 12.7 Å². The third kappa shape index (κ3) is 4.58. The van der Waals surface area contributed by atoms with Crippen molar-refractivity contribution in [1.82, 2.24) is 4.31 Å². The van der Waals surface area contributed by atoms with E-state index in [1.807, 2.05) is 6.08 Å². The number of piperidine rings is 1. The molecule has 0 bridgehead atoms. The van der Waals surface area contributed by atoms with Gasteiger partial charge in [-0.05, 0) is 45.6 Å². The van der Waals surface area contributed by atoms with E-state index >= 15 is 0 Å². The summed E-state index contributed by atoms with van der Waals surface area (Å²) >= 11 is 0. The first-order valence-electron chi connectivity index (χ1n) is 9.13. The maximum Gasteiger partial charge on any atom is 0.329 e. The average molecular weight is 390 g/mol. The number of rotatable bonds is 5. The van der Waals surface area contributed by atoms with Gasteiger partial charge in [0.25, 0.3) is 0 Å². The summed E-state index contributed by atoms with van der Waals surface area (Å²) in [7, 11) is -2.25. The average Bonchev–Trinajstić information content (AvgIpc) is 2.59. The minimum Gasteiger partial charge on any atom is -0.505 e. The van der Waals surface area contributed by atoms with E-state index in [1.165, 1.54) is 4.31 Å². The Morgan fingerprint density at radius 1 is 1.19 bits per heavy atom. The summed E-state index contributed by atoms with van der Waals surface area (Å²) in [5.74, 6) is -0.372. The Hall–Kier alpha value is -1.12. The molecule has 0 aromatic rings. The quantitative estimate of drug-likeness (QED) is 0.529. The number of hydrogen-bond donors (Lipinski definition) is 0. The molecule has 2 aliphatic rings. The van der Waals surface area contributed by atoms with Gasteiger partial charge < -0.3 is 14.2 Å². The van der Waals surface area contributed by atoms with E-state index in [4.69, 9.17) is 14.2 Å². The Morgan fingerprint density at radius 3 is 2.27 bits per heavy atom. The number of sulfonamides is 1. The zero-order valence-corrected chi connectivity index (χ0v) is 17.0. The summed E-state index contributed by atoms with van der Waals surface area (Å²) in [4.78, 5) is 12.9. The van der Waals surface area contributed by atoms with E-state index in [0.717, 1.165) is 0 Å². The van der Waals surface area contributed by atoms with Crippen molar-refractivity contribution >= 4 is 16.0 Å². The van der Waals surface area contributed by atoms with Gasteiger partial charge >= 0.3 is 5.97 Å². The number of carbonyl (C=O) groups is 1. The summed E-state index contributed by atoms with van der Waals surface area (Å²) in [6.45, 7) is 6.52. The van der Waals surface area contributed by atoms with Crippen LogP contribution in [0, 0.1) is 5.92 Å². The molecule has 150 valence electrons. The molecule has 0 amide bonds. The number of hydrogen-bond acceptors (Lipinski definition) is 6. The van der Waals surface area contributed by atoms with E-state index in [-0.39, 0.29) is 32.0 Å². The van der Waals surface area contributed by atoms with Crippen molar-refractivity contribution < 1.29 is 27.4 Å². The van der Waals surface area contributed by atoms with Gasteiger partial charge in [0.1, 0.15) is 5.60 Å². The first kappa shape index (κ1) is 21.2. The number of allylic oxidation sites excluding steroid dienone is 1. The van der Waals surface area contributed by atoms with Crippen LogP contribution in [0.1, 0.15) is 46.5 Å². The molecule has 0 aliphatic carbocycles. The number of carbonyl (C=O) groups excluding carboxylic acids is 1. The van der Waals surface area contributed by atoms with Crippen LogP contribution in [0.2, 0.25) is 0 Å². The predicted octanol–water partition coefficient (Wildman–Crippen LogP) is 2.08. The molecule has 8 heteroatoms. The van der Waals surface area contributed by atoms with E-state index in [0.29, 0.717) is 25.9 Å². The van der Waals surface area contributed by atoms with Gasteiger partial charge in [0.2, 0.25) is 10.0 Å². The molecule has 2 aliphatic heterocycles. The van der Waals surface area contributed by atoms with Gasteiger partial charge in [0, 0.05) is 39.1 Å². The Kier molecular flexibility index (Phi) is 6.74. The lowest BCUT2D eigenvalue weighted by molar-refractivity contribution is -0.161. The smallest absolute Gasteiger partial charge is 0.329 e. The normalized spacial score (nSPS) is 23.1. The van der Waals surface area contributed by atoms with Gasteiger partial charge in [-0.2, -0.15) is 0 Å². The lowest BCUT2D eigenvalue weighted by atomic mass is 9.98. The van der Waals surface area contributed by atoms with E-state index in [2.05, 4.69) is 0 Å². The van der Waals surface area contributed by atoms with Gasteiger partial charge in [0.05, 0.1) is 13.4 Å². The largest absolute Gasteiger partial charge is 0.505 e. The molecular formula is C18H31NO6S. The molecule has 2 saturated heterocycles. The number of methoxy groups -OCH3 is 1. The van der Waals surface area contributed by atoms with E-state index in [1.54, 1.807) is 34.1 Å². The molecule has 7 nitrogen and oxygen atoms in total. The zero-order valence-electron chi connectivity index (χ0n) is 16.2. The molecule has 0 unspecified atom stereocenters. The Balaban J connectivity index is 2.21. The van der Waals surface area contributed by atoms with Crippen LogP contribution < -0.4 is 0 Å². The second-order valence-corrected chi connectivity index (χ2v) is 10.2. The SMILES string of the molecule is COC=CC1CCN(S(=O)(=O)C2(C(=O)OC(C)(C)C)CCOCC2)CC1. The molecule has 0 spiro atoms. The fraction of sp³-hybridized carbons (Fsp3) is 0.833. The van der Waals surface area contributed by atoms with Crippen LogP contribution in [-0.2, 0) is 29.0 Å². The van der Waals surface area contributed by atoms with Crippen molar-refractivity contribution in [2.45, 2.75) is 56.8 Å². The maximum atomic E-state index is 13.4. The fourth-order valence-electron chi connectivity index (χ4n) is 3.38. The Labute approximate surface area is 156 Å². The van der Waals surface area contributed by atoms with Crippen LogP contribution in [0.4, 0.5) is 0 Å². The number of nitrogens with zero attached hydrogens (tertiary/aromatic N) is 1. The van der Waals surface area contributed by atoms with Crippen molar-refractivity contribution in [3.63, 3.8) is 0 Å². The zero-order chi connectivity index (χ0) is 19.4. The van der Waals surface area contributed by atoms with E-state index in [9.17, 15) is 13.2 Å². The minimum absolute atomic E-state index is 0.133. The first-order chi connectivity index (χ1) is 12.1. The second-order valence-electron chi connectivity index (χ2n) is 7.91. The van der Waals surface area contributed by atoms with Gasteiger partial charge in [-0.15, -0.1) is 0 Å². The van der Waals surface area contributed by atoms with E-state index < -0.39 is 26.3 Å². The van der Waals surface area contributed by atoms with Crippen LogP contribution >= 0.6 is 0 Å². The van der Waals surface area contributed by atoms with Crippen LogP contribution in [-0.4, -0.2) is 62.5 Å². The summed E-state index contributed by atoms with van der Waals surface area (Å²) in [6, 6.07) is 0. The van der Waals surface area contributed by atoms with Crippen molar-refractivity contribution in [1.29, 1.82) is 0 Å². The third-order valence-electron chi connectivity index (χ3n) is 4.89. The molecule has 0 saturated carbocycles. The van der Waals surface area contributed by atoms with Crippen LogP contribution in [0.25, 0.3) is 0 Å². The molecule has 0 atom stereocenters. The minimum atomic E-state index is -3.84. The van der Waals surface area contributed by atoms with Crippen LogP contribution in [0.15, 0.2) is 12.3 Å². The maximum absolute atomic E-state index is 13.4. The highest BCUT2D eigenvalue weighted by Gasteiger charge is 2.56. The van der Waals surface area contributed by atoms with Crippen molar-refractivity contribution in [2.75, 3.05) is 33.4 Å². The molecule has 0 radical (unpaired) electrons. The molecule has 0 N–H and O–H groups in total. The third-order valence-corrected chi connectivity index (χ3v) is 7.50. The van der Waals surface area contributed by atoms with Gasteiger partial charge in [-0.3, -0.25) is 4.79 Å². The standard InChI is InChI=1S/C18H31NO6S/c1-17(2,3)25-16(20)18(8-13-24-14-9-18)26(21,22)19-10-5-15(6-11-19)7-12-23-4/h7,12,15H,5-6,8-11,13-14H2,1-4H3. The number of esters is 1. The molecule has 0 aromatic heterocycles. The second kappa shape index (κ2) is 8.27. The molecular weight excluding hydrogens is 358 g/mol. The Bertz CT molecular complexity index is 608.